The standard InChI is InChI=1S/C13H9BrF2N2S/c14-8-5-4-7(15)6-11(8)18-10-3-1-2-9(16)12(10)13(17)19/h1-6,18H,(H2,17,19). The van der Waals surface area contributed by atoms with E-state index < -0.39 is 11.6 Å². The van der Waals surface area contributed by atoms with E-state index in [9.17, 15) is 8.78 Å². The normalized spacial score (nSPS) is 10.3. The summed E-state index contributed by atoms with van der Waals surface area (Å²) in [6.07, 6.45) is 0. The molecule has 0 atom stereocenters. The van der Waals surface area contributed by atoms with Crippen LogP contribution in [0.5, 0.6) is 0 Å². The predicted octanol–water partition coefficient (Wildman–Crippen LogP) is 4.11. The first kappa shape index (κ1) is 13.9. The molecule has 0 amide bonds. The first-order chi connectivity index (χ1) is 8.99. The molecule has 2 rings (SSSR count). The van der Waals surface area contributed by atoms with Crippen molar-refractivity contribution in [1.82, 2.24) is 0 Å². The van der Waals surface area contributed by atoms with Crippen molar-refractivity contribution in [3.8, 4) is 0 Å². The maximum Gasteiger partial charge on any atom is 0.135 e. The maximum absolute atomic E-state index is 13.7. The van der Waals surface area contributed by atoms with Crippen LogP contribution in [-0.4, -0.2) is 4.99 Å². The number of halogens is 3. The topological polar surface area (TPSA) is 38.0 Å². The molecule has 3 N–H and O–H groups in total. The Labute approximate surface area is 122 Å². The molecule has 0 aromatic heterocycles. The van der Waals surface area contributed by atoms with Gasteiger partial charge >= 0.3 is 0 Å². The van der Waals surface area contributed by atoms with E-state index in [4.69, 9.17) is 18.0 Å². The van der Waals surface area contributed by atoms with Crippen molar-refractivity contribution in [1.29, 1.82) is 0 Å². The molecule has 2 nitrogen and oxygen atoms in total. The molecule has 0 aliphatic rings. The van der Waals surface area contributed by atoms with Crippen molar-refractivity contribution in [2.45, 2.75) is 0 Å². The maximum atomic E-state index is 13.7. The van der Waals surface area contributed by atoms with Gasteiger partial charge in [0.05, 0.1) is 16.9 Å². The minimum Gasteiger partial charge on any atom is -0.389 e. The zero-order chi connectivity index (χ0) is 14.0. The van der Waals surface area contributed by atoms with Gasteiger partial charge in [-0.3, -0.25) is 0 Å². The molecule has 2 aromatic rings. The minimum atomic E-state index is -0.523. The van der Waals surface area contributed by atoms with Crippen LogP contribution in [0.2, 0.25) is 0 Å². The summed E-state index contributed by atoms with van der Waals surface area (Å²) >= 11 is 8.10. The van der Waals surface area contributed by atoms with Crippen molar-refractivity contribution in [3.63, 3.8) is 0 Å². The number of hydrogen-bond donors (Lipinski definition) is 2. The minimum absolute atomic E-state index is 0.0619. The summed E-state index contributed by atoms with van der Waals surface area (Å²) in [7, 11) is 0. The predicted molar refractivity (Wildman–Crippen MR) is 79.7 cm³/mol. The third-order valence-electron chi connectivity index (χ3n) is 2.46. The Bertz CT molecular complexity index is 647. The zero-order valence-electron chi connectivity index (χ0n) is 9.58. The highest BCUT2D eigenvalue weighted by molar-refractivity contribution is 9.10. The van der Waals surface area contributed by atoms with E-state index in [-0.39, 0.29) is 10.6 Å². The number of anilines is 2. The van der Waals surface area contributed by atoms with Crippen LogP contribution in [0.15, 0.2) is 40.9 Å². The van der Waals surface area contributed by atoms with E-state index in [2.05, 4.69) is 21.2 Å². The molecule has 2 aromatic carbocycles. The first-order valence-electron chi connectivity index (χ1n) is 5.29. The molecule has 0 saturated carbocycles. The summed E-state index contributed by atoms with van der Waals surface area (Å²) in [5, 5.41) is 2.91. The first-order valence-corrected chi connectivity index (χ1v) is 6.49. The number of thiocarbonyl (C=S) groups is 1. The van der Waals surface area contributed by atoms with Crippen LogP contribution >= 0.6 is 28.1 Å². The van der Waals surface area contributed by atoms with E-state index in [1.54, 1.807) is 12.1 Å². The van der Waals surface area contributed by atoms with E-state index in [0.717, 1.165) is 0 Å². The lowest BCUT2D eigenvalue weighted by Crippen LogP contribution is -2.14. The SMILES string of the molecule is NC(=S)c1c(F)cccc1Nc1cc(F)ccc1Br. The molecule has 19 heavy (non-hydrogen) atoms. The van der Waals surface area contributed by atoms with Gasteiger partial charge in [-0.2, -0.15) is 0 Å². The lowest BCUT2D eigenvalue weighted by molar-refractivity contribution is 0.626. The van der Waals surface area contributed by atoms with E-state index in [0.29, 0.717) is 15.8 Å². The second kappa shape index (κ2) is 5.63. The molecule has 0 saturated heterocycles. The van der Waals surface area contributed by atoms with E-state index >= 15 is 0 Å². The average molecular weight is 343 g/mol. The highest BCUT2D eigenvalue weighted by Crippen LogP contribution is 2.29. The summed E-state index contributed by atoms with van der Waals surface area (Å²) in [5.74, 6) is -0.927. The quantitative estimate of drug-likeness (QED) is 0.824. The number of benzene rings is 2. The molecular formula is C13H9BrF2N2S. The molecular weight excluding hydrogens is 334 g/mol. The zero-order valence-corrected chi connectivity index (χ0v) is 12.0. The Hall–Kier alpha value is -1.53. The fourth-order valence-electron chi connectivity index (χ4n) is 1.62. The fourth-order valence-corrected chi connectivity index (χ4v) is 2.17. The van der Waals surface area contributed by atoms with Crippen LogP contribution in [-0.2, 0) is 0 Å². The molecule has 0 aliphatic heterocycles. The monoisotopic (exact) mass is 342 g/mol. The summed E-state index contributed by atoms with van der Waals surface area (Å²) in [4.78, 5) is -0.0619. The summed E-state index contributed by atoms with van der Waals surface area (Å²) < 4.78 is 27.5. The Kier molecular flexibility index (Phi) is 4.11. The number of rotatable bonds is 3. The van der Waals surface area contributed by atoms with Crippen molar-refractivity contribution in [2.24, 2.45) is 5.73 Å². The molecule has 98 valence electrons. The lowest BCUT2D eigenvalue weighted by atomic mass is 10.1. The summed E-state index contributed by atoms with van der Waals surface area (Å²) in [6.45, 7) is 0. The van der Waals surface area contributed by atoms with Crippen LogP contribution in [0.1, 0.15) is 5.56 Å². The van der Waals surface area contributed by atoms with Gasteiger partial charge in [0.2, 0.25) is 0 Å². The van der Waals surface area contributed by atoms with E-state index in [1.165, 1.54) is 24.3 Å². The van der Waals surface area contributed by atoms with Gasteiger partial charge in [0.1, 0.15) is 16.6 Å². The van der Waals surface area contributed by atoms with Crippen molar-refractivity contribution < 1.29 is 8.78 Å². The van der Waals surface area contributed by atoms with Gasteiger partial charge in [-0.05, 0) is 46.3 Å². The van der Waals surface area contributed by atoms with Gasteiger partial charge < -0.3 is 11.1 Å². The molecule has 0 heterocycles. The van der Waals surface area contributed by atoms with Crippen LogP contribution < -0.4 is 11.1 Å². The Morgan fingerprint density at radius 1 is 1.16 bits per heavy atom. The molecule has 0 spiro atoms. The third kappa shape index (κ3) is 3.08. The van der Waals surface area contributed by atoms with Gasteiger partial charge in [-0.25, -0.2) is 8.78 Å². The largest absolute Gasteiger partial charge is 0.389 e. The van der Waals surface area contributed by atoms with Gasteiger partial charge in [0.15, 0.2) is 0 Å². The van der Waals surface area contributed by atoms with Crippen LogP contribution in [0.3, 0.4) is 0 Å². The summed E-state index contributed by atoms with van der Waals surface area (Å²) in [6, 6.07) is 8.56. The highest BCUT2D eigenvalue weighted by atomic mass is 79.9. The van der Waals surface area contributed by atoms with Crippen LogP contribution in [0.4, 0.5) is 20.2 Å². The van der Waals surface area contributed by atoms with E-state index in [1.807, 2.05) is 0 Å². The number of nitrogens with one attached hydrogen (secondary N) is 1. The Morgan fingerprint density at radius 3 is 2.58 bits per heavy atom. The molecule has 0 unspecified atom stereocenters. The molecule has 0 bridgehead atoms. The number of hydrogen-bond acceptors (Lipinski definition) is 2. The van der Waals surface area contributed by atoms with Crippen molar-refractivity contribution >= 4 is 44.5 Å². The molecule has 6 heteroatoms. The second-order valence-electron chi connectivity index (χ2n) is 3.78. The average Bonchev–Trinajstić information content (AvgIpc) is 2.33. The Balaban J connectivity index is 2.46. The van der Waals surface area contributed by atoms with Crippen LogP contribution in [0.25, 0.3) is 0 Å². The number of nitrogens with two attached hydrogens (primary N) is 1. The highest BCUT2D eigenvalue weighted by Gasteiger charge is 2.12. The van der Waals surface area contributed by atoms with Gasteiger partial charge in [-0.1, -0.05) is 18.3 Å². The van der Waals surface area contributed by atoms with Crippen LogP contribution in [0, 0.1) is 11.6 Å². The smallest absolute Gasteiger partial charge is 0.135 e. The third-order valence-corrected chi connectivity index (χ3v) is 3.35. The molecule has 0 fully saturated rings. The van der Waals surface area contributed by atoms with Gasteiger partial charge in [-0.15, -0.1) is 0 Å². The summed E-state index contributed by atoms with van der Waals surface area (Å²) in [5.41, 5.74) is 6.46. The lowest BCUT2D eigenvalue weighted by Gasteiger charge is -2.13. The van der Waals surface area contributed by atoms with Gasteiger partial charge in [0, 0.05) is 4.47 Å². The van der Waals surface area contributed by atoms with Crippen molar-refractivity contribution in [2.75, 3.05) is 5.32 Å². The fraction of sp³-hybridized carbons (Fsp3) is 0. The molecule has 0 radical (unpaired) electrons. The molecule has 0 aliphatic carbocycles. The second-order valence-corrected chi connectivity index (χ2v) is 5.07. The van der Waals surface area contributed by atoms with Gasteiger partial charge in [0.25, 0.3) is 0 Å². The van der Waals surface area contributed by atoms with Crippen molar-refractivity contribution in [3.05, 3.63) is 58.1 Å². The Morgan fingerprint density at radius 2 is 1.89 bits per heavy atom.